The van der Waals surface area contributed by atoms with Crippen LogP contribution in [-0.4, -0.2) is 29.8 Å². The fourth-order valence-corrected chi connectivity index (χ4v) is 5.12. The van der Waals surface area contributed by atoms with Crippen molar-refractivity contribution in [3.8, 4) is 0 Å². The van der Waals surface area contributed by atoms with E-state index >= 15 is 0 Å². The van der Waals surface area contributed by atoms with E-state index in [1.165, 1.54) is 6.08 Å². The van der Waals surface area contributed by atoms with Gasteiger partial charge in [0.2, 0.25) is 0 Å². The Hall–Kier alpha value is -1.79. The van der Waals surface area contributed by atoms with E-state index in [-0.39, 0.29) is 18.9 Å². The van der Waals surface area contributed by atoms with Gasteiger partial charge in [0, 0.05) is 11.8 Å². The monoisotopic (exact) mass is 402 g/mol. The molecule has 2 aliphatic rings. The zero-order valence-electron chi connectivity index (χ0n) is 16.6. The second kappa shape index (κ2) is 8.70. The first-order valence-electron chi connectivity index (χ1n) is 9.90. The predicted octanol–water partition coefficient (Wildman–Crippen LogP) is 5.29. The predicted molar refractivity (Wildman–Crippen MR) is 98.4 cm³/mol. The molecule has 2 aliphatic carbocycles. The van der Waals surface area contributed by atoms with E-state index in [1.54, 1.807) is 20.8 Å². The van der Waals surface area contributed by atoms with Gasteiger partial charge < -0.3 is 9.84 Å². The lowest BCUT2D eigenvalue weighted by Crippen LogP contribution is -2.46. The van der Waals surface area contributed by atoms with Crippen molar-refractivity contribution in [2.75, 3.05) is 6.61 Å². The van der Waals surface area contributed by atoms with Crippen molar-refractivity contribution < 1.29 is 32.6 Å². The molecule has 4 unspecified atom stereocenters. The summed E-state index contributed by atoms with van der Waals surface area (Å²) in [6, 6.07) is 0. The molecule has 0 bridgehead atoms. The highest BCUT2D eigenvalue weighted by Crippen LogP contribution is 2.58. The van der Waals surface area contributed by atoms with Crippen LogP contribution in [-0.2, 0) is 14.3 Å². The number of carbonyl (C=O) groups excluding carboxylic acids is 1. The van der Waals surface area contributed by atoms with Gasteiger partial charge in [-0.2, -0.15) is 13.2 Å². The van der Waals surface area contributed by atoms with Crippen molar-refractivity contribution in [3.63, 3.8) is 0 Å². The standard InChI is InChI=1S/C21H29F3O4/c1-4-28-17(25)12-14-9-5-6-11-16(14)20(3)13(2)8-7-10-15(19(26)27)18(20)21(22,23)24/h7,10,13-14,16H,4-6,8-9,11-12H2,1-3H3,(H,26,27). The first-order chi connectivity index (χ1) is 13.0. The highest BCUT2D eigenvalue weighted by molar-refractivity contribution is 5.91. The van der Waals surface area contributed by atoms with Gasteiger partial charge in [-0.1, -0.05) is 38.8 Å². The van der Waals surface area contributed by atoms with Crippen LogP contribution in [0.2, 0.25) is 0 Å². The van der Waals surface area contributed by atoms with Gasteiger partial charge in [0.05, 0.1) is 17.8 Å². The minimum atomic E-state index is -4.77. The second-order valence-corrected chi connectivity index (χ2v) is 8.07. The Morgan fingerprint density at radius 2 is 1.93 bits per heavy atom. The number of hydrogen-bond donors (Lipinski definition) is 1. The van der Waals surface area contributed by atoms with Crippen molar-refractivity contribution >= 4 is 11.9 Å². The maximum Gasteiger partial charge on any atom is 0.414 e. The zero-order valence-corrected chi connectivity index (χ0v) is 16.6. The number of ether oxygens (including phenoxy) is 1. The number of rotatable bonds is 5. The summed E-state index contributed by atoms with van der Waals surface area (Å²) in [6.45, 7) is 5.21. The minimum Gasteiger partial charge on any atom is -0.478 e. The molecule has 7 heteroatoms. The molecule has 1 saturated carbocycles. The Morgan fingerprint density at radius 3 is 2.50 bits per heavy atom. The van der Waals surface area contributed by atoms with Crippen LogP contribution in [0.3, 0.4) is 0 Å². The number of alkyl halides is 3. The maximum atomic E-state index is 14.2. The summed E-state index contributed by atoms with van der Waals surface area (Å²) in [7, 11) is 0. The summed E-state index contributed by atoms with van der Waals surface area (Å²) in [5.41, 5.74) is -3.04. The number of carboxylic acids is 1. The molecule has 0 radical (unpaired) electrons. The largest absolute Gasteiger partial charge is 0.478 e. The molecule has 1 fully saturated rings. The highest BCUT2D eigenvalue weighted by atomic mass is 19.4. The van der Waals surface area contributed by atoms with E-state index in [9.17, 15) is 27.9 Å². The number of hydrogen-bond acceptors (Lipinski definition) is 3. The molecule has 28 heavy (non-hydrogen) atoms. The number of aliphatic carboxylic acids is 1. The molecule has 0 aromatic carbocycles. The summed E-state index contributed by atoms with van der Waals surface area (Å²) >= 11 is 0. The molecule has 0 aromatic heterocycles. The summed E-state index contributed by atoms with van der Waals surface area (Å²) < 4.78 is 47.7. The number of carboxylic acid groups (broad SMARTS) is 1. The van der Waals surface area contributed by atoms with Gasteiger partial charge in [-0.05, 0) is 43.9 Å². The maximum absolute atomic E-state index is 14.2. The lowest BCUT2D eigenvalue weighted by Gasteiger charge is -2.49. The highest BCUT2D eigenvalue weighted by Gasteiger charge is 2.56. The third-order valence-corrected chi connectivity index (χ3v) is 6.53. The van der Waals surface area contributed by atoms with Crippen LogP contribution in [0.25, 0.3) is 0 Å². The van der Waals surface area contributed by atoms with Gasteiger partial charge in [-0.15, -0.1) is 0 Å². The van der Waals surface area contributed by atoms with Crippen LogP contribution in [0.5, 0.6) is 0 Å². The Kier molecular flexibility index (Phi) is 6.99. The average Bonchev–Trinajstić information content (AvgIpc) is 2.73. The van der Waals surface area contributed by atoms with Crippen LogP contribution in [0, 0.1) is 23.2 Å². The number of esters is 1. The van der Waals surface area contributed by atoms with E-state index in [4.69, 9.17) is 4.74 Å². The van der Waals surface area contributed by atoms with E-state index in [1.807, 2.05) is 0 Å². The molecular formula is C21H29F3O4. The normalized spacial score (nSPS) is 31.4. The SMILES string of the molecule is CCOC(=O)CC1CCCCC1C1(C)C(C(F)(F)F)=C(C(=O)O)C=CCC1C. The molecular weight excluding hydrogens is 373 g/mol. The van der Waals surface area contributed by atoms with E-state index in [2.05, 4.69) is 0 Å². The van der Waals surface area contributed by atoms with E-state index in [0.29, 0.717) is 19.3 Å². The van der Waals surface area contributed by atoms with Gasteiger partial charge >= 0.3 is 18.1 Å². The van der Waals surface area contributed by atoms with Gasteiger partial charge in [-0.3, -0.25) is 4.79 Å². The van der Waals surface area contributed by atoms with Crippen molar-refractivity contribution in [2.45, 2.75) is 65.5 Å². The minimum absolute atomic E-state index is 0.0712. The summed E-state index contributed by atoms with van der Waals surface area (Å²) in [6.07, 6.45) is 1.08. The molecule has 158 valence electrons. The number of allylic oxidation sites excluding steroid dienone is 2. The average molecular weight is 402 g/mol. The smallest absolute Gasteiger partial charge is 0.414 e. The molecule has 2 rings (SSSR count). The summed E-state index contributed by atoms with van der Waals surface area (Å²) in [4.78, 5) is 23.8. The van der Waals surface area contributed by atoms with Crippen LogP contribution >= 0.6 is 0 Å². The fraction of sp³-hybridized carbons (Fsp3) is 0.714. The molecule has 0 spiro atoms. The van der Waals surface area contributed by atoms with Crippen LogP contribution in [0.15, 0.2) is 23.3 Å². The van der Waals surface area contributed by atoms with Gasteiger partial charge in [0.25, 0.3) is 0 Å². The van der Waals surface area contributed by atoms with Crippen molar-refractivity contribution in [2.24, 2.45) is 23.2 Å². The third-order valence-electron chi connectivity index (χ3n) is 6.53. The molecule has 4 nitrogen and oxygen atoms in total. The van der Waals surface area contributed by atoms with Crippen molar-refractivity contribution in [3.05, 3.63) is 23.3 Å². The molecule has 0 saturated heterocycles. The molecule has 4 atom stereocenters. The topological polar surface area (TPSA) is 63.6 Å². The Bertz CT molecular complexity index is 665. The van der Waals surface area contributed by atoms with E-state index in [0.717, 1.165) is 18.9 Å². The van der Waals surface area contributed by atoms with Crippen molar-refractivity contribution in [1.82, 2.24) is 0 Å². The van der Waals surface area contributed by atoms with Crippen LogP contribution < -0.4 is 0 Å². The molecule has 0 heterocycles. The second-order valence-electron chi connectivity index (χ2n) is 8.07. The number of halogens is 3. The third kappa shape index (κ3) is 4.44. The van der Waals surface area contributed by atoms with Gasteiger partial charge in [-0.25, -0.2) is 4.79 Å². The summed E-state index contributed by atoms with van der Waals surface area (Å²) in [5.74, 6) is -3.08. The fourth-order valence-electron chi connectivity index (χ4n) is 5.12. The number of carbonyl (C=O) groups is 2. The lowest BCUT2D eigenvalue weighted by atomic mass is 9.55. The molecule has 0 aliphatic heterocycles. The Labute approximate surface area is 163 Å². The first-order valence-corrected chi connectivity index (χ1v) is 9.90. The molecule has 1 N–H and O–H groups in total. The quantitative estimate of drug-likeness (QED) is 0.635. The van der Waals surface area contributed by atoms with Crippen LogP contribution in [0.1, 0.15) is 59.3 Å². The Morgan fingerprint density at radius 1 is 1.29 bits per heavy atom. The van der Waals surface area contributed by atoms with E-state index < -0.39 is 46.5 Å². The van der Waals surface area contributed by atoms with Gasteiger partial charge in [0.1, 0.15) is 0 Å². The molecule has 0 amide bonds. The van der Waals surface area contributed by atoms with Crippen LogP contribution in [0.4, 0.5) is 13.2 Å². The molecule has 0 aromatic rings. The van der Waals surface area contributed by atoms with Crippen molar-refractivity contribution in [1.29, 1.82) is 0 Å². The lowest BCUT2D eigenvalue weighted by molar-refractivity contribution is -0.147. The Balaban J connectivity index is 2.59. The van der Waals surface area contributed by atoms with Gasteiger partial charge in [0.15, 0.2) is 0 Å². The zero-order chi connectivity index (χ0) is 21.1. The summed E-state index contributed by atoms with van der Waals surface area (Å²) in [5, 5.41) is 9.51. The first kappa shape index (κ1) is 22.5.